The summed E-state index contributed by atoms with van der Waals surface area (Å²) >= 11 is 0. The number of aromatic nitrogens is 4. The Kier molecular flexibility index (Phi) is 5.77. The van der Waals surface area contributed by atoms with E-state index in [1.165, 1.54) is 6.33 Å². The number of piperazine rings is 1. The van der Waals surface area contributed by atoms with Crippen LogP contribution < -0.4 is 4.74 Å². The largest absolute Gasteiger partial charge is 0.496 e. The minimum Gasteiger partial charge on any atom is -0.496 e. The third-order valence-electron chi connectivity index (χ3n) is 4.43. The van der Waals surface area contributed by atoms with Crippen molar-refractivity contribution in [3.8, 4) is 5.75 Å². The van der Waals surface area contributed by atoms with Gasteiger partial charge in [-0.05, 0) is 29.0 Å². The molecule has 1 aromatic heterocycles. The monoisotopic (exact) mass is 358 g/mol. The Labute approximate surface area is 151 Å². The van der Waals surface area contributed by atoms with Crippen molar-refractivity contribution in [2.45, 2.75) is 19.4 Å². The van der Waals surface area contributed by atoms with Gasteiger partial charge in [-0.3, -0.25) is 9.59 Å². The van der Waals surface area contributed by atoms with Gasteiger partial charge in [-0.2, -0.15) is 0 Å². The van der Waals surface area contributed by atoms with Crippen LogP contribution in [0.5, 0.6) is 5.75 Å². The summed E-state index contributed by atoms with van der Waals surface area (Å²) in [7, 11) is 1.55. The van der Waals surface area contributed by atoms with E-state index in [2.05, 4.69) is 15.5 Å². The normalized spacial score (nSPS) is 14.3. The molecule has 9 heteroatoms. The maximum Gasteiger partial charge on any atom is 0.257 e. The summed E-state index contributed by atoms with van der Waals surface area (Å²) < 4.78 is 6.87. The van der Waals surface area contributed by atoms with Gasteiger partial charge in [0.15, 0.2) is 0 Å². The van der Waals surface area contributed by atoms with E-state index in [1.54, 1.807) is 28.8 Å². The quantitative estimate of drug-likeness (QED) is 0.744. The lowest BCUT2D eigenvalue weighted by Crippen LogP contribution is -2.50. The topological polar surface area (TPSA) is 93.5 Å². The molecule has 2 aromatic rings. The summed E-state index contributed by atoms with van der Waals surface area (Å²) in [5.41, 5.74) is 0.552. The molecule has 0 saturated carbocycles. The number of para-hydroxylation sites is 1. The first-order valence-corrected chi connectivity index (χ1v) is 8.60. The van der Waals surface area contributed by atoms with Crippen LogP contribution in [0.15, 0.2) is 30.6 Å². The zero-order valence-corrected chi connectivity index (χ0v) is 14.7. The lowest BCUT2D eigenvalue weighted by Gasteiger charge is -2.35. The van der Waals surface area contributed by atoms with Crippen molar-refractivity contribution >= 4 is 11.8 Å². The second kappa shape index (κ2) is 8.41. The highest BCUT2D eigenvalue weighted by atomic mass is 16.5. The Hall–Kier alpha value is -2.97. The molecule has 0 atom stereocenters. The Morgan fingerprint density at radius 1 is 1.12 bits per heavy atom. The van der Waals surface area contributed by atoms with Gasteiger partial charge in [0.25, 0.3) is 5.91 Å². The molecular formula is C17H22N6O3. The first kappa shape index (κ1) is 17.8. The van der Waals surface area contributed by atoms with Gasteiger partial charge in [-0.1, -0.05) is 12.1 Å². The van der Waals surface area contributed by atoms with E-state index in [0.29, 0.717) is 56.9 Å². The third-order valence-corrected chi connectivity index (χ3v) is 4.43. The molecule has 9 nitrogen and oxygen atoms in total. The second-order valence-corrected chi connectivity index (χ2v) is 6.05. The van der Waals surface area contributed by atoms with E-state index >= 15 is 0 Å². The number of benzene rings is 1. The number of carbonyl (C=O) groups excluding carboxylic acids is 2. The molecule has 1 aliphatic heterocycles. The van der Waals surface area contributed by atoms with Crippen LogP contribution in [0.1, 0.15) is 23.2 Å². The molecule has 1 saturated heterocycles. The maximum absolute atomic E-state index is 12.7. The number of ether oxygens (including phenoxy) is 1. The van der Waals surface area contributed by atoms with Gasteiger partial charge in [-0.15, -0.1) is 5.10 Å². The molecule has 0 N–H and O–H groups in total. The SMILES string of the molecule is COc1ccccc1C(=O)N1CCN(C(=O)CCCn2cnnn2)CC1. The Morgan fingerprint density at radius 3 is 2.54 bits per heavy atom. The third kappa shape index (κ3) is 4.16. The van der Waals surface area contributed by atoms with E-state index in [-0.39, 0.29) is 11.8 Å². The molecule has 0 unspecified atom stereocenters. The van der Waals surface area contributed by atoms with E-state index in [0.717, 1.165) is 0 Å². The average molecular weight is 358 g/mol. The molecule has 1 aliphatic rings. The van der Waals surface area contributed by atoms with Crippen molar-refractivity contribution in [1.82, 2.24) is 30.0 Å². The highest BCUT2D eigenvalue weighted by Crippen LogP contribution is 2.20. The van der Waals surface area contributed by atoms with Gasteiger partial charge in [0.2, 0.25) is 5.91 Å². The van der Waals surface area contributed by atoms with Gasteiger partial charge in [0, 0.05) is 39.1 Å². The number of tetrazole rings is 1. The van der Waals surface area contributed by atoms with E-state index in [9.17, 15) is 9.59 Å². The van der Waals surface area contributed by atoms with E-state index in [1.807, 2.05) is 17.0 Å². The summed E-state index contributed by atoms with van der Waals surface area (Å²) in [4.78, 5) is 28.6. The predicted molar refractivity (Wildman–Crippen MR) is 92.5 cm³/mol. The Balaban J connectivity index is 1.47. The second-order valence-electron chi connectivity index (χ2n) is 6.05. The Bertz CT molecular complexity index is 741. The fourth-order valence-corrected chi connectivity index (χ4v) is 2.98. The van der Waals surface area contributed by atoms with Crippen LogP contribution in [0.2, 0.25) is 0 Å². The van der Waals surface area contributed by atoms with Crippen molar-refractivity contribution in [3.63, 3.8) is 0 Å². The minimum absolute atomic E-state index is 0.0618. The number of amides is 2. The van der Waals surface area contributed by atoms with Gasteiger partial charge in [0.1, 0.15) is 12.1 Å². The molecule has 0 spiro atoms. The van der Waals surface area contributed by atoms with Crippen LogP contribution >= 0.6 is 0 Å². The number of carbonyl (C=O) groups is 2. The van der Waals surface area contributed by atoms with Gasteiger partial charge >= 0.3 is 0 Å². The van der Waals surface area contributed by atoms with Gasteiger partial charge < -0.3 is 14.5 Å². The average Bonchev–Trinajstić information content (AvgIpc) is 3.21. The van der Waals surface area contributed by atoms with Crippen LogP contribution in [0.4, 0.5) is 0 Å². The highest BCUT2D eigenvalue weighted by molar-refractivity contribution is 5.97. The summed E-state index contributed by atoms with van der Waals surface area (Å²) in [5, 5.41) is 10.9. The Morgan fingerprint density at radius 2 is 1.85 bits per heavy atom. The van der Waals surface area contributed by atoms with Gasteiger partial charge in [-0.25, -0.2) is 4.68 Å². The molecule has 2 heterocycles. The zero-order valence-electron chi connectivity index (χ0n) is 14.7. The van der Waals surface area contributed by atoms with Crippen LogP contribution in [0.25, 0.3) is 0 Å². The van der Waals surface area contributed by atoms with Crippen molar-refractivity contribution in [2.75, 3.05) is 33.3 Å². The number of hydrogen-bond donors (Lipinski definition) is 0. The molecule has 1 fully saturated rings. The minimum atomic E-state index is -0.0618. The van der Waals surface area contributed by atoms with Gasteiger partial charge in [0.05, 0.1) is 12.7 Å². The summed E-state index contributed by atoms with van der Waals surface area (Å²) in [5.74, 6) is 0.606. The number of aryl methyl sites for hydroxylation is 1. The lowest BCUT2D eigenvalue weighted by atomic mass is 10.1. The highest BCUT2D eigenvalue weighted by Gasteiger charge is 2.26. The molecule has 26 heavy (non-hydrogen) atoms. The summed E-state index contributed by atoms with van der Waals surface area (Å²) in [6.07, 6.45) is 2.66. The molecule has 0 aliphatic carbocycles. The number of rotatable bonds is 6. The molecule has 2 amide bonds. The summed E-state index contributed by atoms with van der Waals surface area (Å²) in [6.45, 7) is 2.76. The number of nitrogens with zero attached hydrogens (tertiary/aromatic N) is 6. The van der Waals surface area contributed by atoms with E-state index < -0.39 is 0 Å². The first-order valence-electron chi connectivity index (χ1n) is 8.60. The summed E-state index contributed by atoms with van der Waals surface area (Å²) in [6, 6.07) is 7.19. The van der Waals surface area contributed by atoms with Crippen LogP contribution in [0, 0.1) is 0 Å². The smallest absolute Gasteiger partial charge is 0.257 e. The fourth-order valence-electron chi connectivity index (χ4n) is 2.98. The van der Waals surface area contributed by atoms with Crippen molar-refractivity contribution < 1.29 is 14.3 Å². The van der Waals surface area contributed by atoms with Crippen molar-refractivity contribution in [3.05, 3.63) is 36.2 Å². The van der Waals surface area contributed by atoms with Crippen molar-refractivity contribution in [2.24, 2.45) is 0 Å². The van der Waals surface area contributed by atoms with E-state index in [4.69, 9.17) is 4.74 Å². The molecule has 3 rings (SSSR count). The molecule has 0 radical (unpaired) electrons. The maximum atomic E-state index is 12.7. The molecule has 0 bridgehead atoms. The number of methoxy groups -OCH3 is 1. The van der Waals surface area contributed by atoms with Crippen LogP contribution in [0.3, 0.4) is 0 Å². The molecule has 1 aromatic carbocycles. The standard InChI is InChI=1S/C17H22N6O3/c1-26-15-6-3-2-5-14(15)17(25)22-11-9-21(10-12-22)16(24)7-4-8-23-13-18-19-20-23/h2-3,5-6,13H,4,7-12H2,1H3. The lowest BCUT2D eigenvalue weighted by molar-refractivity contribution is -0.132. The van der Waals surface area contributed by atoms with Crippen LogP contribution in [-0.4, -0.2) is 75.1 Å². The molecular weight excluding hydrogens is 336 g/mol. The van der Waals surface area contributed by atoms with Crippen LogP contribution in [-0.2, 0) is 11.3 Å². The first-order chi connectivity index (χ1) is 12.7. The fraction of sp³-hybridized carbons (Fsp3) is 0.471. The molecule has 138 valence electrons. The predicted octanol–water partition coefficient (Wildman–Crippen LogP) is 0.447. The van der Waals surface area contributed by atoms with Crippen molar-refractivity contribution in [1.29, 1.82) is 0 Å². The zero-order chi connectivity index (χ0) is 18.4. The number of hydrogen-bond acceptors (Lipinski definition) is 6.